The fourth-order valence-electron chi connectivity index (χ4n) is 1.91. The van der Waals surface area contributed by atoms with Gasteiger partial charge in [0.25, 0.3) is 0 Å². The fraction of sp³-hybridized carbons (Fsp3) is 0.714. The molecule has 0 aliphatic rings. The monoisotopic (exact) mass is 313 g/mol. The van der Waals surface area contributed by atoms with Crippen LogP contribution in [0.5, 0.6) is 0 Å². The summed E-state index contributed by atoms with van der Waals surface area (Å²) in [6.07, 6.45) is 5.97. The van der Waals surface area contributed by atoms with E-state index in [1.807, 2.05) is 6.07 Å². The molecule has 0 saturated heterocycles. The Bertz CT molecular complexity index is 355. The number of anilines is 1. The molecule has 0 spiro atoms. The van der Waals surface area contributed by atoms with Crippen LogP contribution in [0.3, 0.4) is 0 Å². The highest BCUT2D eigenvalue weighted by Crippen LogP contribution is 2.16. The van der Waals surface area contributed by atoms with Gasteiger partial charge in [0, 0.05) is 19.0 Å². The molecule has 0 fully saturated rings. The maximum Gasteiger partial charge on any atom is 0.131 e. The van der Waals surface area contributed by atoms with E-state index in [4.69, 9.17) is 0 Å². The summed E-state index contributed by atoms with van der Waals surface area (Å²) in [6.45, 7) is 7.58. The van der Waals surface area contributed by atoms with E-state index >= 15 is 0 Å². The standard InChI is InChI=1S/C14H24BrN3/c1-4-7-8-11(5-2)10-16-14-9-12(15)17-13(6-3)18-14/h9,11H,4-8,10H2,1-3H3,(H,16,17,18). The zero-order chi connectivity index (χ0) is 13.4. The van der Waals surface area contributed by atoms with Crippen LogP contribution in [0.1, 0.15) is 52.3 Å². The summed E-state index contributed by atoms with van der Waals surface area (Å²) in [5.41, 5.74) is 0. The molecule has 0 bridgehead atoms. The average molecular weight is 314 g/mol. The third kappa shape index (κ3) is 5.34. The van der Waals surface area contributed by atoms with E-state index in [2.05, 4.69) is 52.0 Å². The minimum atomic E-state index is 0.740. The van der Waals surface area contributed by atoms with Crippen molar-refractivity contribution in [3.63, 3.8) is 0 Å². The first-order valence-corrected chi connectivity index (χ1v) is 7.76. The van der Waals surface area contributed by atoms with Gasteiger partial charge in [0.05, 0.1) is 0 Å². The molecule has 0 radical (unpaired) electrons. The van der Waals surface area contributed by atoms with Gasteiger partial charge < -0.3 is 5.32 Å². The number of hydrogen-bond acceptors (Lipinski definition) is 3. The second kappa shape index (κ2) is 8.46. The molecule has 1 aromatic heterocycles. The van der Waals surface area contributed by atoms with E-state index in [-0.39, 0.29) is 0 Å². The molecule has 4 heteroatoms. The first-order chi connectivity index (χ1) is 8.69. The van der Waals surface area contributed by atoms with Gasteiger partial charge in [-0.25, -0.2) is 9.97 Å². The quantitative estimate of drug-likeness (QED) is 0.721. The van der Waals surface area contributed by atoms with Crippen LogP contribution in [0.15, 0.2) is 10.7 Å². The van der Waals surface area contributed by atoms with Gasteiger partial charge in [0.1, 0.15) is 16.2 Å². The number of unbranched alkanes of at least 4 members (excludes halogenated alkanes) is 1. The van der Waals surface area contributed by atoms with Crippen LogP contribution in [0.25, 0.3) is 0 Å². The lowest BCUT2D eigenvalue weighted by atomic mass is 9.99. The molecule has 102 valence electrons. The lowest BCUT2D eigenvalue weighted by molar-refractivity contribution is 0.472. The molecule has 0 aromatic carbocycles. The minimum Gasteiger partial charge on any atom is -0.370 e. The molecule has 1 unspecified atom stereocenters. The Hall–Kier alpha value is -0.640. The molecule has 0 aliphatic carbocycles. The highest BCUT2D eigenvalue weighted by atomic mass is 79.9. The van der Waals surface area contributed by atoms with E-state index in [0.29, 0.717) is 0 Å². The summed E-state index contributed by atoms with van der Waals surface area (Å²) >= 11 is 3.43. The molecule has 1 rings (SSSR count). The van der Waals surface area contributed by atoms with Crippen molar-refractivity contribution in [2.45, 2.75) is 52.9 Å². The molecule has 3 nitrogen and oxygen atoms in total. The molecule has 1 heterocycles. The van der Waals surface area contributed by atoms with Gasteiger partial charge in [-0.1, -0.05) is 40.0 Å². The van der Waals surface area contributed by atoms with Crippen LogP contribution in [-0.2, 0) is 6.42 Å². The van der Waals surface area contributed by atoms with E-state index in [9.17, 15) is 0 Å². The van der Waals surface area contributed by atoms with E-state index in [0.717, 1.165) is 35.1 Å². The van der Waals surface area contributed by atoms with Crippen LogP contribution in [0, 0.1) is 5.92 Å². The zero-order valence-corrected chi connectivity index (χ0v) is 13.3. The smallest absolute Gasteiger partial charge is 0.131 e. The normalized spacial score (nSPS) is 12.4. The molecule has 0 saturated carbocycles. The van der Waals surface area contributed by atoms with Crippen molar-refractivity contribution in [3.8, 4) is 0 Å². The predicted octanol–water partition coefficient (Wildman–Crippen LogP) is 4.43. The summed E-state index contributed by atoms with van der Waals surface area (Å²) in [4.78, 5) is 8.80. The van der Waals surface area contributed by atoms with Gasteiger partial charge in [-0.3, -0.25) is 0 Å². The summed E-state index contributed by atoms with van der Waals surface area (Å²) in [7, 11) is 0. The number of halogens is 1. The third-order valence-electron chi connectivity index (χ3n) is 3.17. The maximum atomic E-state index is 4.49. The number of nitrogens with one attached hydrogen (secondary N) is 1. The molecule has 0 amide bonds. The summed E-state index contributed by atoms with van der Waals surface area (Å²) in [6, 6.07) is 1.95. The fourth-order valence-corrected chi connectivity index (χ4v) is 2.33. The van der Waals surface area contributed by atoms with Crippen LogP contribution in [0.2, 0.25) is 0 Å². The van der Waals surface area contributed by atoms with Crippen LogP contribution >= 0.6 is 15.9 Å². The Morgan fingerprint density at radius 2 is 2.06 bits per heavy atom. The van der Waals surface area contributed by atoms with Crippen molar-refractivity contribution in [1.29, 1.82) is 0 Å². The van der Waals surface area contributed by atoms with Crippen molar-refractivity contribution >= 4 is 21.7 Å². The zero-order valence-electron chi connectivity index (χ0n) is 11.7. The number of aromatic nitrogens is 2. The summed E-state index contributed by atoms with van der Waals surface area (Å²) in [5, 5.41) is 3.44. The van der Waals surface area contributed by atoms with E-state index in [1.165, 1.54) is 25.7 Å². The predicted molar refractivity (Wildman–Crippen MR) is 80.9 cm³/mol. The third-order valence-corrected chi connectivity index (χ3v) is 3.58. The largest absolute Gasteiger partial charge is 0.370 e. The Labute approximate surface area is 119 Å². The molecule has 0 aliphatic heterocycles. The van der Waals surface area contributed by atoms with Gasteiger partial charge in [0.2, 0.25) is 0 Å². The molecular weight excluding hydrogens is 290 g/mol. The number of nitrogens with zero attached hydrogens (tertiary/aromatic N) is 2. The van der Waals surface area contributed by atoms with Gasteiger partial charge in [-0.15, -0.1) is 0 Å². The van der Waals surface area contributed by atoms with E-state index < -0.39 is 0 Å². The Morgan fingerprint density at radius 1 is 1.28 bits per heavy atom. The van der Waals surface area contributed by atoms with Crippen molar-refractivity contribution in [3.05, 3.63) is 16.5 Å². The van der Waals surface area contributed by atoms with Crippen molar-refractivity contribution in [2.75, 3.05) is 11.9 Å². The second-order valence-electron chi connectivity index (χ2n) is 4.64. The maximum absolute atomic E-state index is 4.49. The van der Waals surface area contributed by atoms with Gasteiger partial charge in [0.15, 0.2) is 0 Å². The van der Waals surface area contributed by atoms with Gasteiger partial charge in [-0.2, -0.15) is 0 Å². The number of rotatable bonds is 8. The van der Waals surface area contributed by atoms with Gasteiger partial charge in [-0.05, 0) is 28.3 Å². The van der Waals surface area contributed by atoms with Crippen LogP contribution in [-0.4, -0.2) is 16.5 Å². The topological polar surface area (TPSA) is 37.8 Å². The molecule has 1 aromatic rings. The highest BCUT2D eigenvalue weighted by Gasteiger charge is 2.07. The summed E-state index contributed by atoms with van der Waals surface area (Å²) < 4.78 is 0.860. The Kier molecular flexibility index (Phi) is 7.25. The SMILES string of the molecule is CCCCC(CC)CNc1cc(Br)nc(CC)n1. The van der Waals surface area contributed by atoms with Crippen LogP contribution < -0.4 is 5.32 Å². The van der Waals surface area contributed by atoms with Crippen molar-refractivity contribution < 1.29 is 0 Å². The van der Waals surface area contributed by atoms with E-state index in [1.54, 1.807) is 0 Å². The first-order valence-electron chi connectivity index (χ1n) is 6.96. The van der Waals surface area contributed by atoms with Gasteiger partial charge >= 0.3 is 0 Å². The lowest BCUT2D eigenvalue weighted by Crippen LogP contribution is -2.15. The molecule has 18 heavy (non-hydrogen) atoms. The van der Waals surface area contributed by atoms with Crippen LogP contribution in [0.4, 0.5) is 5.82 Å². The lowest BCUT2D eigenvalue weighted by Gasteiger charge is -2.16. The van der Waals surface area contributed by atoms with Crippen molar-refractivity contribution in [1.82, 2.24) is 9.97 Å². The minimum absolute atomic E-state index is 0.740. The first kappa shape index (κ1) is 15.4. The highest BCUT2D eigenvalue weighted by molar-refractivity contribution is 9.10. The Morgan fingerprint density at radius 3 is 2.67 bits per heavy atom. The number of hydrogen-bond donors (Lipinski definition) is 1. The van der Waals surface area contributed by atoms with Crippen molar-refractivity contribution in [2.24, 2.45) is 5.92 Å². The average Bonchev–Trinajstić information content (AvgIpc) is 2.38. The molecule has 1 atom stereocenters. The number of aryl methyl sites for hydroxylation is 1. The Balaban J connectivity index is 2.53. The molecule has 1 N–H and O–H groups in total. The molecular formula is C14H24BrN3. The second-order valence-corrected chi connectivity index (χ2v) is 5.46. The summed E-state index contributed by atoms with van der Waals surface area (Å²) in [5.74, 6) is 2.56.